The third-order valence-electron chi connectivity index (χ3n) is 2.65. The van der Waals surface area contributed by atoms with Crippen molar-refractivity contribution in [1.29, 1.82) is 0 Å². The molecule has 1 aromatic rings. The van der Waals surface area contributed by atoms with Gasteiger partial charge < -0.3 is 10.5 Å². The summed E-state index contributed by atoms with van der Waals surface area (Å²) in [7, 11) is 1.48. The Morgan fingerprint density at radius 2 is 2.33 bits per heavy atom. The van der Waals surface area contributed by atoms with Gasteiger partial charge in [0.15, 0.2) is 0 Å². The Labute approximate surface area is 108 Å². The van der Waals surface area contributed by atoms with Gasteiger partial charge in [0, 0.05) is 18.4 Å². The van der Waals surface area contributed by atoms with Gasteiger partial charge in [-0.2, -0.15) is 0 Å². The molecule has 96 valence electrons. The molecule has 1 aromatic carbocycles. The highest BCUT2D eigenvalue weighted by Gasteiger charge is 2.30. The number of hydrogen-bond donors (Lipinski definition) is 1. The number of carbonyl (C=O) groups is 1. The number of hydrogen-bond acceptors (Lipinski definition) is 4. The summed E-state index contributed by atoms with van der Waals surface area (Å²) in [6.07, 6.45) is -0.583. The lowest BCUT2D eigenvalue weighted by Crippen LogP contribution is -2.26. The van der Waals surface area contributed by atoms with Crippen LogP contribution in [0.5, 0.6) is 0 Å². The molecule has 1 aliphatic rings. The Bertz CT molecular complexity index is 493. The fourth-order valence-corrected chi connectivity index (χ4v) is 2.87. The van der Waals surface area contributed by atoms with Crippen LogP contribution in [-0.4, -0.2) is 29.9 Å². The Hall–Kier alpha value is -1.40. The van der Waals surface area contributed by atoms with Crippen LogP contribution in [0.25, 0.3) is 0 Å². The zero-order valence-corrected chi connectivity index (χ0v) is 10.6. The summed E-state index contributed by atoms with van der Waals surface area (Å²) < 4.78 is 19.0. The number of ether oxygens (including phenoxy) is 1. The lowest BCUT2D eigenvalue weighted by atomic mass is 10.1. The maximum atomic E-state index is 13.7. The van der Waals surface area contributed by atoms with Crippen LogP contribution in [0.15, 0.2) is 29.3 Å². The third-order valence-corrected chi connectivity index (χ3v) is 3.75. The third kappa shape index (κ3) is 2.54. The molecule has 0 fully saturated rings. The largest absolute Gasteiger partial charge is 0.370 e. The first-order valence-corrected chi connectivity index (χ1v) is 6.39. The van der Waals surface area contributed by atoms with Gasteiger partial charge in [-0.1, -0.05) is 18.2 Å². The van der Waals surface area contributed by atoms with Gasteiger partial charge in [0.2, 0.25) is 5.91 Å². The van der Waals surface area contributed by atoms with Gasteiger partial charge in [0.25, 0.3) is 0 Å². The van der Waals surface area contributed by atoms with E-state index in [0.717, 1.165) is 0 Å². The Morgan fingerprint density at radius 3 is 2.89 bits per heavy atom. The molecule has 0 aromatic heterocycles. The van der Waals surface area contributed by atoms with Gasteiger partial charge >= 0.3 is 0 Å². The molecular formula is C12H13FN2O2S. The van der Waals surface area contributed by atoms with Crippen molar-refractivity contribution in [2.24, 2.45) is 10.7 Å². The van der Waals surface area contributed by atoms with Crippen molar-refractivity contribution in [3.63, 3.8) is 0 Å². The zero-order valence-electron chi connectivity index (χ0n) is 9.80. The first-order valence-electron chi connectivity index (χ1n) is 5.40. The van der Waals surface area contributed by atoms with Crippen molar-refractivity contribution in [3.05, 3.63) is 35.6 Å². The Balaban J connectivity index is 2.28. The van der Waals surface area contributed by atoms with E-state index in [1.165, 1.54) is 24.9 Å². The van der Waals surface area contributed by atoms with E-state index in [9.17, 15) is 9.18 Å². The summed E-state index contributed by atoms with van der Waals surface area (Å²) in [6.45, 7) is 0. The minimum absolute atomic E-state index is 0.352. The number of nitrogens with two attached hydrogens (primary N) is 1. The topological polar surface area (TPSA) is 64.7 Å². The molecule has 0 bridgehead atoms. The monoisotopic (exact) mass is 268 g/mol. The highest BCUT2D eigenvalue weighted by molar-refractivity contribution is 8.14. The smallest absolute Gasteiger partial charge is 0.243 e. The number of primary amides is 1. The first kappa shape index (κ1) is 13.0. The van der Waals surface area contributed by atoms with Gasteiger partial charge in [0.05, 0.1) is 0 Å². The highest BCUT2D eigenvalue weighted by atomic mass is 32.2. The van der Waals surface area contributed by atoms with Gasteiger partial charge in [0.1, 0.15) is 23.0 Å². The van der Waals surface area contributed by atoms with E-state index in [1.807, 2.05) is 0 Å². The molecule has 0 saturated carbocycles. The molecule has 2 unspecified atom stereocenters. The van der Waals surface area contributed by atoms with Gasteiger partial charge in [-0.05, 0) is 6.07 Å². The number of halogens is 1. The number of thioether (sulfide) groups is 1. The normalized spacial score (nSPS) is 20.6. The number of methoxy groups -OCH3 is 1. The predicted molar refractivity (Wildman–Crippen MR) is 69.0 cm³/mol. The average Bonchev–Trinajstić information content (AvgIpc) is 2.82. The van der Waals surface area contributed by atoms with E-state index in [4.69, 9.17) is 10.5 Å². The second-order valence-corrected chi connectivity index (χ2v) is 4.87. The van der Waals surface area contributed by atoms with Crippen LogP contribution in [0.4, 0.5) is 4.39 Å². The molecule has 2 rings (SSSR count). The number of nitrogens with zero attached hydrogens (tertiary/aromatic N) is 1. The summed E-state index contributed by atoms with van der Waals surface area (Å²) >= 11 is 1.37. The molecular weight excluding hydrogens is 255 g/mol. The van der Waals surface area contributed by atoms with E-state index < -0.39 is 18.1 Å². The van der Waals surface area contributed by atoms with Gasteiger partial charge in [-0.15, -0.1) is 11.8 Å². The molecule has 2 N–H and O–H groups in total. The summed E-state index contributed by atoms with van der Waals surface area (Å²) in [6, 6.07) is 5.81. The first-order chi connectivity index (χ1) is 8.63. The minimum Gasteiger partial charge on any atom is -0.370 e. The summed E-state index contributed by atoms with van der Waals surface area (Å²) in [5.74, 6) is -0.338. The zero-order chi connectivity index (χ0) is 13.1. The molecule has 18 heavy (non-hydrogen) atoms. The predicted octanol–water partition coefficient (Wildman–Crippen LogP) is 1.51. The fraction of sp³-hybridized carbons (Fsp3) is 0.333. The Morgan fingerprint density at radius 1 is 1.61 bits per heavy atom. The molecule has 0 radical (unpaired) electrons. The highest BCUT2D eigenvalue weighted by Crippen LogP contribution is 2.31. The molecule has 1 amide bonds. The van der Waals surface area contributed by atoms with Crippen LogP contribution in [0.1, 0.15) is 11.7 Å². The quantitative estimate of drug-likeness (QED) is 0.900. The minimum atomic E-state index is -0.583. The van der Waals surface area contributed by atoms with Crippen molar-refractivity contribution in [1.82, 2.24) is 0 Å². The van der Waals surface area contributed by atoms with Crippen molar-refractivity contribution in [2.75, 3.05) is 12.9 Å². The van der Waals surface area contributed by atoms with Crippen molar-refractivity contribution < 1.29 is 13.9 Å². The molecule has 0 saturated heterocycles. The van der Waals surface area contributed by atoms with Crippen LogP contribution in [0, 0.1) is 5.82 Å². The molecule has 2 atom stereocenters. The Kier molecular flexibility index (Phi) is 3.98. The second-order valence-electron chi connectivity index (χ2n) is 3.83. The average molecular weight is 268 g/mol. The maximum absolute atomic E-state index is 13.7. The van der Waals surface area contributed by atoms with E-state index in [2.05, 4.69) is 4.99 Å². The van der Waals surface area contributed by atoms with E-state index in [-0.39, 0.29) is 5.82 Å². The van der Waals surface area contributed by atoms with Crippen LogP contribution in [0.3, 0.4) is 0 Å². The lowest BCUT2D eigenvalue weighted by Gasteiger charge is -2.15. The molecule has 4 nitrogen and oxygen atoms in total. The molecule has 1 aliphatic heterocycles. The summed E-state index contributed by atoms with van der Waals surface area (Å²) in [4.78, 5) is 15.2. The fourth-order valence-electron chi connectivity index (χ4n) is 1.73. The number of amides is 1. The second kappa shape index (κ2) is 5.49. The summed E-state index contributed by atoms with van der Waals surface area (Å²) in [5.41, 5.74) is 5.61. The molecule has 6 heteroatoms. The van der Waals surface area contributed by atoms with E-state index >= 15 is 0 Å². The van der Waals surface area contributed by atoms with Crippen LogP contribution >= 0.6 is 11.8 Å². The number of benzene rings is 1. The van der Waals surface area contributed by atoms with E-state index in [1.54, 1.807) is 18.2 Å². The van der Waals surface area contributed by atoms with Crippen molar-refractivity contribution in [2.45, 2.75) is 12.1 Å². The van der Waals surface area contributed by atoms with Crippen LogP contribution < -0.4 is 5.73 Å². The number of rotatable bonds is 4. The lowest BCUT2D eigenvalue weighted by molar-refractivity contribution is -0.118. The van der Waals surface area contributed by atoms with Gasteiger partial charge in [-0.25, -0.2) is 4.39 Å². The SMILES string of the molecule is COC(C1=NC(C(N)=O)CS1)c1ccccc1F. The maximum Gasteiger partial charge on any atom is 0.243 e. The number of carbonyl (C=O) groups excluding carboxylic acids is 1. The van der Waals surface area contributed by atoms with Crippen LogP contribution in [-0.2, 0) is 9.53 Å². The molecule has 0 aliphatic carbocycles. The van der Waals surface area contributed by atoms with Crippen molar-refractivity contribution >= 4 is 22.7 Å². The number of aliphatic imine (C=N–C) groups is 1. The standard InChI is InChI=1S/C12H13FN2O2S/c1-17-10(7-4-2-3-5-8(7)13)12-15-9(6-18-12)11(14)16/h2-5,9-10H,6H2,1H3,(H2,14,16). The van der Waals surface area contributed by atoms with Crippen molar-refractivity contribution in [3.8, 4) is 0 Å². The molecule has 0 spiro atoms. The summed E-state index contributed by atoms with van der Waals surface area (Å²) in [5, 5.41) is 0.589. The van der Waals surface area contributed by atoms with Gasteiger partial charge in [-0.3, -0.25) is 9.79 Å². The van der Waals surface area contributed by atoms with Crippen LogP contribution in [0.2, 0.25) is 0 Å². The molecule has 1 heterocycles. The van der Waals surface area contributed by atoms with E-state index in [0.29, 0.717) is 16.4 Å².